The van der Waals surface area contributed by atoms with Crippen molar-refractivity contribution in [1.82, 2.24) is 20.2 Å². The number of anilines is 1. The number of hydrogen-bond acceptors (Lipinski definition) is 5. The first-order valence-corrected chi connectivity index (χ1v) is 7.92. The van der Waals surface area contributed by atoms with Gasteiger partial charge in [0.05, 0.1) is 17.1 Å². The van der Waals surface area contributed by atoms with E-state index in [-0.39, 0.29) is 0 Å². The lowest BCUT2D eigenvalue weighted by Crippen LogP contribution is -2.21. The van der Waals surface area contributed by atoms with Crippen molar-refractivity contribution >= 4 is 21.6 Å². The molecule has 7 heteroatoms. The van der Waals surface area contributed by atoms with Crippen LogP contribution < -0.4 is 5.73 Å². The lowest BCUT2D eigenvalue weighted by molar-refractivity contribution is 0.0825. The number of ether oxygens (including phenoxy) is 1. The quantitative estimate of drug-likeness (QED) is 0.856. The van der Waals surface area contributed by atoms with Gasteiger partial charge in [0.2, 0.25) is 0 Å². The van der Waals surface area contributed by atoms with Crippen LogP contribution in [0.3, 0.4) is 0 Å². The molecule has 2 unspecified atom stereocenters. The van der Waals surface area contributed by atoms with Crippen molar-refractivity contribution in [2.24, 2.45) is 5.92 Å². The topological polar surface area (TPSA) is 78.8 Å². The Morgan fingerprint density at radius 1 is 1.48 bits per heavy atom. The molecule has 1 aliphatic rings. The molecule has 2 atom stereocenters. The third kappa shape index (κ3) is 2.80. The van der Waals surface area contributed by atoms with Crippen LogP contribution in [0.2, 0.25) is 0 Å². The van der Waals surface area contributed by atoms with Crippen molar-refractivity contribution in [2.45, 2.75) is 32.4 Å². The summed E-state index contributed by atoms with van der Waals surface area (Å²) in [7, 11) is 0. The van der Waals surface area contributed by atoms with Gasteiger partial charge in [0.15, 0.2) is 5.82 Å². The van der Waals surface area contributed by atoms with Crippen LogP contribution in [-0.4, -0.2) is 32.9 Å². The van der Waals surface area contributed by atoms with Gasteiger partial charge >= 0.3 is 0 Å². The summed E-state index contributed by atoms with van der Waals surface area (Å²) in [5, 5.41) is 12.1. The van der Waals surface area contributed by atoms with E-state index in [2.05, 4.69) is 38.4 Å². The largest absolute Gasteiger partial charge is 0.398 e. The molecule has 6 nitrogen and oxygen atoms in total. The normalized spacial score (nSPS) is 21.8. The summed E-state index contributed by atoms with van der Waals surface area (Å²) in [5.41, 5.74) is 7.53. The summed E-state index contributed by atoms with van der Waals surface area (Å²) in [6, 6.07) is 5.71. The number of hydrogen-bond donors (Lipinski definition) is 1. The standard InChI is InChI=1S/C14H18BrN5O/c1-2-12-9(6-7-21-12)8-20-14(17-18-19-20)10-4-3-5-11(16)13(10)15/h3-5,9,12H,2,6-8,16H2,1H3. The lowest BCUT2D eigenvalue weighted by Gasteiger charge is -2.17. The SMILES string of the molecule is CCC1OCCC1Cn1nnnc1-c1cccc(N)c1Br. The first kappa shape index (κ1) is 14.5. The number of tetrazole rings is 1. The van der Waals surface area contributed by atoms with Gasteiger partial charge in [-0.2, -0.15) is 0 Å². The van der Waals surface area contributed by atoms with E-state index < -0.39 is 0 Å². The molecule has 1 aromatic heterocycles. The Hall–Kier alpha value is -1.47. The molecule has 112 valence electrons. The van der Waals surface area contributed by atoms with Gasteiger partial charge in [-0.3, -0.25) is 0 Å². The number of nitrogens with two attached hydrogens (primary N) is 1. The second kappa shape index (κ2) is 6.11. The van der Waals surface area contributed by atoms with Crippen LogP contribution in [-0.2, 0) is 11.3 Å². The maximum Gasteiger partial charge on any atom is 0.183 e. The molecule has 2 heterocycles. The summed E-state index contributed by atoms with van der Waals surface area (Å²) in [6.45, 7) is 3.74. The zero-order valence-electron chi connectivity index (χ0n) is 11.9. The van der Waals surface area contributed by atoms with Crippen LogP contribution in [0.5, 0.6) is 0 Å². The molecule has 1 fully saturated rings. The average molecular weight is 352 g/mol. The zero-order chi connectivity index (χ0) is 14.8. The Labute approximate surface area is 131 Å². The maximum absolute atomic E-state index is 5.94. The van der Waals surface area contributed by atoms with Crippen LogP contribution in [0.25, 0.3) is 11.4 Å². The van der Waals surface area contributed by atoms with Gasteiger partial charge in [-0.05, 0) is 51.3 Å². The van der Waals surface area contributed by atoms with Crippen molar-refractivity contribution in [3.8, 4) is 11.4 Å². The van der Waals surface area contributed by atoms with E-state index in [1.807, 2.05) is 22.9 Å². The van der Waals surface area contributed by atoms with Crippen LogP contribution in [0.1, 0.15) is 19.8 Å². The van der Waals surface area contributed by atoms with Gasteiger partial charge in [0.1, 0.15) is 0 Å². The molecular formula is C14H18BrN5O. The minimum Gasteiger partial charge on any atom is -0.398 e. The van der Waals surface area contributed by atoms with Crippen molar-refractivity contribution in [3.63, 3.8) is 0 Å². The van der Waals surface area contributed by atoms with E-state index in [0.717, 1.165) is 41.9 Å². The summed E-state index contributed by atoms with van der Waals surface area (Å²) >= 11 is 3.52. The number of nitrogens with zero attached hydrogens (tertiary/aromatic N) is 4. The Bertz CT molecular complexity index is 630. The van der Waals surface area contributed by atoms with Crippen LogP contribution in [0.4, 0.5) is 5.69 Å². The Balaban J connectivity index is 1.89. The minimum atomic E-state index is 0.298. The predicted octanol–water partition coefficient (Wildman–Crippen LogP) is 2.50. The van der Waals surface area contributed by atoms with E-state index in [1.54, 1.807) is 0 Å². The van der Waals surface area contributed by atoms with Gasteiger partial charge in [-0.1, -0.05) is 13.0 Å². The van der Waals surface area contributed by atoms with Crippen LogP contribution in [0, 0.1) is 5.92 Å². The maximum atomic E-state index is 5.94. The van der Waals surface area contributed by atoms with Gasteiger partial charge in [-0.25, -0.2) is 4.68 Å². The van der Waals surface area contributed by atoms with Gasteiger partial charge in [0.25, 0.3) is 0 Å². The molecule has 1 aromatic carbocycles. The number of nitrogen functional groups attached to an aromatic ring is 1. The molecule has 0 amide bonds. The van der Waals surface area contributed by atoms with Crippen LogP contribution in [0.15, 0.2) is 22.7 Å². The molecule has 2 N–H and O–H groups in total. The average Bonchev–Trinajstić information content (AvgIpc) is 3.11. The third-order valence-electron chi connectivity index (χ3n) is 3.96. The summed E-state index contributed by atoms with van der Waals surface area (Å²) in [6.07, 6.45) is 2.37. The Morgan fingerprint density at radius 2 is 2.33 bits per heavy atom. The second-order valence-corrected chi connectivity index (χ2v) is 6.05. The first-order chi connectivity index (χ1) is 10.2. The predicted molar refractivity (Wildman–Crippen MR) is 83.5 cm³/mol. The Kier molecular flexibility index (Phi) is 4.21. The summed E-state index contributed by atoms with van der Waals surface area (Å²) < 4.78 is 8.42. The van der Waals surface area contributed by atoms with Crippen LogP contribution >= 0.6 is 15.9 Å². The second-order valence-electron chi connectivity index (χ2n) is 5.26. The fourth-order valence-electron chi connectivity index (χ4n) is 2.82. The Morgan fingerprint density at radius 3 is 3.14 bits per heavy atom. The van der Waals surface area contributed by atoms with E-state index in [4.69, 9.17) is 10.5 Å². The molecule has 0 aliphatic carbocycles. The summed E-state index contributed by atoms with van der Waals surface area (Å²) in [4.78, 5) is 0. The summed E-state index contributed by atoms with van der Waals surface area (Å²) in [5.74, 6) is 1.19. The molecule has 0 saturated carbocycles. The van der Waals surface area contributed by atoms with Crippen molar-refractivity contribution in [2.75, 3.05) is 12.3 Å². The van der Waals surface area contributed by atoms with E-state index in [0.29, 0.717) is 17.7 Å². The van der Waals surface area contributed by atoms with Gasteiger partial charge < -0.3 is 10.5 Å². The molecule has 2 aromatic rings. The smallest absolute Gasteiger partial charge is 0.183 e. The first-order valence-electron chi connectivity index (χ1n) is 7.12. The molecule has 0 radical (unpaired) electrons. The highest BCUT2D eigenvalue weighted by Gasteiger charge is 2.28. The van der Waals surface area contributed by atoms with Crippen molar-refractivity contribution in [1.29, 1.82) is 0 Å². The number of halogens is 1. The zero-order valence-corrected chi connectivity index (χ0v) is 13.5. The fourth-order valence-corrected chi connectivity index (χ4v) is 3.26. The van der Waals surface area contributed by atoms with Crippen molar-refractivity contribution in [3.05, 3.63) is 22.7 Å². The molecule has 0 spiro atoms. The number of aromatic nitrogens is 4. The highest BCUT2D eigenvalue weighted by atomic mass is 79.9. The third-order valence-corrected chi connectivity index (χ3v) is 4.84. The molecular weight excluding hydrogens is 334 g/mol. The number of benzene rings is 1. The fraction of sp³-hybridized carbons (Fsp3) is 0.500. The molecule has 3 rings (SSSR count). The molecule has 21 heavy (non-hydrogen) atoms. The highest BCUT2D eigenvalue weighted by molar-refractivity contribution is 9.10. The van der Waals surface area contributed by atoms with Gasteiger partial charge in [0, 0.05) is 23.8 Å². The van der Waals surface area contributed by atoms with E-state index >= 15 is 0 Å². The lowest BCUT2D eigenvalue weighted by atomic mass is 9.99. The van der Waals surface area contributed by atoms with E-state index in [9.17, 15) is 0 Å². The van der Waals surface area contributed by atoms with Gasteiger partial charge in [-0.15, -0.1) is 5.10 Å². The number of rotatable bonds is 4. The monoisotopic (exact) mass is 351 g/mol. The molecule has 1 aliphatic heterocycles. The molecule has 1 saturated heterocycles. The minimum absolute atomic E-state index is 0.298. The highest BCUT2D eigenvalue weighted by Crippen LogP contribution is 2.32. The van der Waals surface area contributed by atoms with E-state index in [1.165, 1.54) is 0 Å². The molecule has 0 bridgehead atoms. The van der Waals surface area contributed by atoms with Crippen molar-refractivity contribution < 1.29 is 4.74 Å².